The molecule has 0 saturated heterocycles. The maximum Gasteiger partial charge on any atom is 0.305 e. The number of hydrogen-bond donors (Lipinski definition) is 1. The van der Waals surface area contributed by atoms with Gasteiger partial charge in [-0.2, -0.15) is 0 Å². The van der Waals surface area contributed by atoms with Crippen LogP contribution in [0.1, 0.15) is 18.9 Å². The summed E-state index contributed by atoms with van der Waals surface area (Å²) in [5, 5.41) is 9.25. The third-order valence-electron chi connectivity index (χ3n) is 2.89. The molecule has 104 valence electrons. The highest BCUT2D eigenvalue weighted by Crippen LogP contribution is 2.15. The Kier molecular flexibility index (Phi) is 5.83. The van der Waals surface area contributed by atoms with Gasteiger partial charge in [0.05, 0.1) is 6.42 Å². The van der Waals surface area contributed by atoms with Gasteiger partial charge >= 0.3 is 5.97 Å². The molecule has 4 nitrogen and oxygen atoms in total. The summed E-state index contributed by atoms with van der Waals surface area (Å²) in [6.07, 6.45) is 0.558. The van der Waals surface area contributed by atoms with Crippen molar-refractivity contribution in [3.63, 3.8) is 0 Å². The smallest absolute Gasteiger partial charge is 0.305 e. The van der Waals surface area contributed by atoms with E-state index in [1.54, 1.807) is 13.1 Å². The van der Waals surface area contributed by atoms with Crippen LogP contribution in [0.4, 0.5) is 0 Å². The standard InChI is InChI=1S/C14H18ClNO3/c1-10(8-11-4-3-5-12(15)9-11)14(19)16(2)7-6-13(17)18/h3-5,9-10H,6-8H2,1-2H3,(H,17,18). The van der Waals surface area contributed by atoms with Gasteiger partial charge in [-0.3, -0.25) is 9.59 Å². The van der Waals surface area contributed by atoms with Crippen LogP contribution in [0.5, 0.6) is 0 Å². The maximum atomic E-state index is 12.0. The van der Waals surface area contributed by atoms with Crippen LogP contribution in [-0.2, 0) is 16.0 Å². The minimum Gasteiger partial charge on any atom is -0.481 e. The molecule has 0 aromatic heterocycles. The lowest BCUT2D eigenvalue weighted by Gasteiger charge is -2.20. The number of amides is 1. The predicted molar refractivity (Wildman–Crippen MR) is 74.2 cm³/mol. The van der Waals surface area contributed by atoms with Crippen molar-refractivity contribution in [3.8, 4) is 0 Å². The van der Waals surface area contributed by atoms with Gasteiger partial charge in [0.2, 0.25) is 5.91 Å². The highest BCUT2D eigenvalue weighted by atomic mass is 35.5. The lowest BCUT2D eigenvalue weighted by Crippen LogP contribution is -2.34. The van der Waals surface area contributed by atoms with Gasteiger partial charge in [0.25, 0.3) is 0 Å². The summed E-state index contributed by atoms with van der Waals surface area (Å²) in [5.41, 5.74) is 1.000. The average Bonchev–Trinajstić information content (AvgIpc) is 2.34. The van der Waals surface area contributed by atoms with Crippen molar-refractivity contribution in [3.05, 3.63) is 34.9 Å². The number of benzene rings is 1. The van der Waals surface area contributed by atoms with Crippen molar-refractivity contribution < 1.29 is 14.7 Å². The highest BCUT2D eigenvalue weighted by molar-refractivity contribution is 6.30. The number of carbonyl (C=O) groups excluding carboxylic acids is 1. The average molecular weight is 284 g/mol. The molecule has 0 saturated carbocycles. The maximum absolute atomic E-state index is 12.0. The van der Waals surface area contributed by atoms with Crippen LogP contribution in [0, 0.1) is 5.92 Å². The number of hydrogen-bond acceptors (Lipinski definition) is 2. The van der Waals surface area contributed by atoms with Crippen molar-refractivity contribution in [2.24, 2.45) is 5.92 Å². The molecule has 0 heterocycles. The summed E-state index contributed by atoms with van der Waals surface area (Å²) < 4.78 is 0. The van der Waals surface area contributed by atoms with Crippen molar-refractivity contribution in [2.45, 2.75) is 19.8 Å². The first-order chi connectivity index (χ1) is 8.90. The summed E-state index contributed by atoms with van der Waals surface area (Å²) in [6, 6.07) is 7.40. The molecule has 0 aliphatic carbocycles. The van der Waals surface area contributed by atoms with Crippen molar-refractivity contribution in [1.82, 2.24) is 4.90 Å². The van der Waals surface area contributed by atoms with Gasteiger partial charge < -0.3 is 10.0 Å². The summed E-state index contributed by atoms with van der Waals surface area (Å²) in [4.78, 5) is 24.0. The minimum atomic E-state index is -0.901. The van der Waals surface area contributed by atoms with E-state index in [0.29, 0.717) is 11.4 Å². The Balaban J connectivity index is 2.54. The lowest BCUT2D eigenvalue weighted by molar-refractivity contribution is -0.139. The van der Waals surface area contributed by atoms with Crippen LogP contribution in [0.15, 0.2) is 24.3 Å². The van der Waals surface area contributed by atoms with Gasteiger partial charge in [0.1, 0.15) is 0 Å². The Hall–Kier alpha value is -1.55. The van der Waals surface area contributed by atoms with Crippen LogP contribution in [-0.4, -0.2) is 35.5 Å². The van der Waals surface area contributed by atoms with Crippen LogP contribution >= 0.6 is 11.6 Å². The van der Waals surface area contributed by atoms with E-state index in [2.05, 4.69) is 0 Å². The van der Waals surface area contributed by atoms with Crippen molar-refractivity contribution >= 4 is 23.5 Å². The molecular formula is C14H18ClNO3. The van der Waals surface area contributed by atoms with E-state index in [-0.39, 0.29) is 24.8 Å². The third-order valence-corrected chi connectivity index (χ3v) is 3.12. The topological polar surface area (TPSA) is 57.6 Å². The fourth-order valence-electron chi connectivity index (χ4n) is 1.85. The fraction of sp³-hybridized carbons (Fsp3) is 0.429. The molecule has 1 rings (SSSR count). The number of nitrogens with zero attached hydrogens (tertiary/aromatic N) is 1. The quantitative estimate of drug-likeness (QED) is 0.872. The second-order valence-electron chi connectivity index (χ2n) is 4.64. The van der Waals surface area contributed by atoms with E-state index >= 15 is 0 Å². The van der Waals surface area contributed by atoms with E-state index in [1.165, 1.54) is 4.90 Å². The summed E-state index contributed by atoms with van der Waals surface area (Å²) in [7, 11) is 1.62. The second kappa shape index (κ2) is 7.14. The second-order valence-corrected chi connectivity index (χ2v) is 5.08. The predicted octanol–water partition coefficient (Wildman–Crippen LogP) is 2.45. The van der Waals surface area contributed by atoms with E-state index in [0.717, 1.165) is 5.56 Å². The van der Waals surface area contributed by atoms with Gasteiger partial charge in [-0.15, -0.1) is 0 Å². The number of carboxylic acid groups (broad SMARTS) is 1. The number of halogens is 1. The Labute approximate surface area is 118 Å². The molecule has 1 aromatic rings. The number of rotatable bonds is 6. The molecule has 1 amide bonds. The Morgan fingerprint density at radius 2 is 2.11 bits per heavy atom. The molecule has 19 heavy (non-hydrogen) atoms. The minimum absolute atomic E-state index is 0.0356. The van der Waals surface area contributed by atoms with Crippen molar-refractivity contribution in [1.29, 1.82) is 0 Å². The van der Waals surface area contributed by atoms with E-state index < -0.39 is 5.97 Å². The largest absolute Gasteiger partial charge is 0.481 e. The lowest BCUT2D eigenvalue weighted by atomic mass is 10.00. The molecule has 0 aliphatic rings. The van der Waals surface area contributed by atoms with Gasteiger partial charge in [0, 0.05) is 24.5 Å². The monoisotopic (exact) mass is 283 g/mol. The molecule has 1 aromatic carbocycles. The summed E-state index contributed by atoms with van der Waals surface area (Å²) >= 11 is 5.89. The van der Waals surface area contributed by atoms with Crippen LogP contribution in [0.3, 0.4) is 0 Å². The summed E-state index contributed by atoms with van der Waals surface area (Å²) in [5.74, 6) is -1.15. The first-order valence-corrected chi connectivity index (χ1v) is 6.49. The Bertz CT molecular complexity index is 462. The van der Waals surface area contributed by atoms with Crippen LogP contribution in [0.2, 0.25) is 5.02 Å². The SMILES string of the molecule is CC(Cc1cccc(Cl)c1)C(=O)N(C)CCC(=O)O. The molecular weight excluding hydrogens is 266 g/mol. The zero-order valence-electron chi connectivity index (χ0n) is 11.1. The molecule has 0 radical (unpaired) electrons. The highest BCUT2D eigenvalue weighted by Gasteiger charge is 2.18. The van der Waals surface area contributed by atoms with E-state index in [9.17, 15) is 9.59 Å². The first-order valence-electron chi connectivity index (χ1n) is 6.11. The molecule has 0 fully saturated rings. The zero-order valence-corrected chi connectivity index (χ0v) is 11.9. The van der Waals surface area contributed by atoms with Crippen molar-refractivity contribution in [2.75, 3.05) is 13.6 Å². The Morgan fingerprint density at radius 1 is 1.42 bits per heavy atom. The van der Waals surface area contributed by atoms with E-state index in [1.807, 2.05) is 25.1 Å². The molecule has 5 heteroatoms. The number of aliphatic carboxylic acids is 1. The van der Waals surface area contributed by atoms with Crippen LogP contribution < -0.4 is 0 Å². The van der Waals surface area contributed by atoms with Gasteiger partial charge in [-0.25, -0.2) is 0 Å². The fourth-order valence-corrected chi connectivity index (χ4v) is 2.07. The molecule has 1 unspecified atom stereocenters. The van der Waals surface area contributed by atoms with Crippen LogP contribution in [0.25, 0.3) is 0 Å². The normalized spacial score (nSPS) is 11.9. The molecule has 1 N–H and O–H groups in total. The number of carboxylic acids is 1. The third kappa shape index (κ3) is 5.30. The summed E-state index contributed by atoms with van der Waals surface area (Å²) in [6.45, 7) is 2.06. The molecule has 0 bridgehead atoms. The zero-order chi connectivity index (χ0) is 14.4. The first kappa shape index (κ1) is 15.5. The molecule has 0 spiro atoms. The van der Waals surface area contributed by atoms with Gasteiger partial charge in [0.15, 0.2) is 0 Å². The molecule has 0 aliphatic heterocycles. The van der Waals surface area contributed by atoms with Gasteiger partial charge in [-0.05, 0) is 24.1 Å². The Morgan fingerprint density at radius 3 is 2.68 bits per heavy atom. The van der Waals surface area contributed by atoms with Gasteiger partial charge in [-0.1, -0.05) is 30.7 Å². The molecule has 1 atom stereocenters. The number of carbonyl (C=O) groups is 2. The van der Waals surface area contributed by atoms with E-state index in [4.69, 9.17) is 16.7 Å².